The lowest BCUT2D eigenvalue weighted by Gasteiger charge is -2.08. The van der Waals surface area contributed by atoms with Gasteiger partial charge in [-0.2, -0.15) is 5.10 Å². The van der Waals surface area contributed by atoms with E-state index < -0.39 is 0 Å². The molecule has 2 heterocycles. The van der Waals surface area contributed by atoms with Crippen molar-refractivity contribution >= 4 is 0 Å². The second-order valence-electron chi connectivity index (χ2n) is 5.28. The SMILES string of the molecule is Cc1cc(C)n(Cc2ccc(CNC(C)C)cn2)n1. The van der Waals surface area contributed by atoms with E-state index in [0.29, 0.717) is 6.04 Å². The molecule has 0 amide bonds. The van der Waals surface area contributed by atoms with Gasteiger partial charge in [-0.05, 0) is 31.5 Å². The van der Waals surface area contributed by atoms with Gasteiger partial charge in [0.25, 0.3) is 0 Å². The largest absolute Gasteiger partial charge is 0.310 e. The lowest BCUT2D eigenvalue weighted by Crippen LogP contribution is -2.21. The standard InChI is InChI=1S/C15H22N4/c1-11(2)16-8-14-5-6-15(17-9-14)10-19-13(4)7-12(3)18-19/h5-7,9,11,16H,8,10H2,1-4H3. The van der Waals surface area contributed by atoms with E-state index in [0.717, 1.165) is 24.5 Å². The highest BCUT2D eigenvalue weighted by atomic mass is 15.3. The molecule has 0 fully saturated rings. The number of hydrogen-bond acceptors (Lipinski definition) is 3. The minimum atomic E-state index is 0.495. The molecule has 0 saturated heterocycles. The monoisotopic (exact) mass is 258 g/mol. The Hall–Kier alpha value is -1.68. The third-order valence-electron chi connectivity index (χ3n) is 3.02. The first-order valence-electron chi connectivity index (χ1n) is 6.73. The van der Waals surface area contributed by atoms with Crippen molar-refractivity contribution in [2.24, 2.45) is 0 Å². The van der Waals surface area contributed by atoms with Crippen LogP contribution in [0.4, 0.5) is 0 Å². The summed E-state index contributed by atoms with van der Waals surface area (Å²) in [5.74, 6) is 0. The first kappa shape index (κ1) is 13.7. The maximum absolute atomic E-state index is 4.50. The van der Waals surface area contributed by atoms with Gasteiger partial charge in [0.2, 0.25) is 0 Å². The number of aromatic nitrogens is 3. The van der Waals surface area contributed by atoms with E-state index in [4.69, 9.17) is 0 Å². The van der Waals surface area contributed by atoms with Gasteiger partial charge in [-0.3, -0.25) is 9.67 Å². The minimum absolute atomic E-state index is 0.495. The molecular formula is C15H22N4. The fourth-order valence-electron chi connectivity index (χ4n) is 1.96. The van der Waals surface area contributed by atoms with E-state index in [1.807, 2.05) is 17.8 Å². The van der Waals surface area contributed by atoms with Crippen molar-refractivity contribution < 1.29 is 0 Å². The van der Waals surface area contributed by atoms with Gasteiger partial charge in [0.15, 0.2) is 0 Å². The van der Waals surface area contributed by atoms with Crippen LogP contribution in [0.25, 0.3) is 0 Å². The molecule has 0 radical (unpaired) electrons. The Labute approximate surface area is 114 Å². The third-order valence-corrected chi connectivity index (χ3v) is 3.02. The molecule has 2 aromatic rings. The van der Waals surface area contributed by atoms with Crippen molar-refractivity contribution in [3.8, 4) is 0 Å². The Morgan fingerprint density at radius 2 is 2.05 bits per heavy atom. The molecule has 1 N–H and O–H groups in total. The number of nitrogens with one attached hydrogen (secondary N) is 1. The average Bonchev–Trinajstić information content (AvgIpc) is 2.67. The molecule has 19 heavy (non-hydrogen) atoms. The zero-order valence-electron chi connectivity index (χ0n) is 12.1. The van der Waals surface area contributed by atoms with Crippen molar-refractivity contribution in [3.63, 3.8) is 0 Å². The zero-order chi connectivity index (χ0) is 13.8. The second kappa shape index (κ2) is 5.97. The number of rotatable bonds is 5. The summed E-state index contributed by atoms with van der Waals surface area (Å²) in [7, 11) is 0. The third kappa shape index (κ3) is 3.89. The molecule has 4 heteroatoms. The van der Waals surface area contributed by atoms with Gasteiger partial charge in [0.05, 0.1) is 17.9 Å². The lowest BCUT2D eigenvalue weighted by atomic mass is 10.2. The molecule has 0 aliphatic rings. The summed E-state index contributed by atoms with van der Waals surface area (Å²) in [6.45, 7) is 9.97. The molecule has 0 atom stereocenters. The molecule has 2 rings (SSSR count). The topological polar surface area (TPSA) is 42.7 Å². The summed E-state index contributed by atoms with van der Waals surface area (Å²) in [6.07, 6.45) is 1.94. The Morgan fingerprint density at radius 1 is 1.26 bits per heavy atom. The van der Waals surface area contributed by atoms with Crippen molar-refractivity contribution in [1.29, 1.82) is 0 Å². The molecule has 0 aliphatic heterocycles. The first-order valence-corrected chi connectivity index (χ1v) is 6.73. The highest BCUT2D eigenvalue weighted by Gasteiger charge is 2.03. The van der Waals surface area contributed by atoms with Crippen molar-refractivity contribution in [1.82, 2.24) is 20.1 Å². The Morgan fingerprint density at radius 3 is 2.58 bits per heavy atom. The summed E-state index contributed by atoms with van der Waals surface area (Å²) in [6, 6.07) is 6.78. The van der Waals surface area contributed by atoms with E-state index in [9.17, 15) is 0 Å². The summed E-state index contributed by atoms with van der Waals surface area (Å²) < 4.78 is 1.99. The number of hydrogen-bond donors (Lipinski definition) is 1. The highest BCUT2D eigenvalue weighted by molar-refractivity contribution is 5.15. The van der Waals surface area contributed by atoms with Crippen LogP contribution in [0.3, 0.4) is 0 Å². The van der Waals surface area contributed by atoms with Crippen LogP contribution in [0, 0.1) is 13.8 Å². The van der Waals surface area contributed by atoms with Crippen LogP contribution in [-0.2, 0) is 13.1 Å². The van der Waals surface area contributed by atoms with Crippen LogP contribution in [0.2, 0.25) is 0 Å². The van der Waals surface area contributed by atoms with Gasteiger partial charge in [0, 0.05) is 24.5 Å². The molecule has 0 saturated carbocycles. The normalized spacial score (nSPS) is 11.2. The predicted molar refractivity (Wildman–Crippen MR) is 77.0 cm³/mol. The van der Waals surface area contributed by atoms with Gasteiger partial charge in [-0.1, -0.05) is 19.9 Å². The molecular weight excluding hydrogens is 236 g/mol. The Balaban J connectivity index is 2.00. The van der Waals surface area contributed by atoms with Crippen LogP contribution in [0.1, 0.15) is 36.5 Å². The molecule has 0 aromatic carbocycles. The Kier molecular flexibility index (Phi) is 4.32. The van der Waals surface area contributed by atoms with Crippen LogP contribution in [0.5, 0.6) is 0 Å². The molecule has 0 unspecified atom stereocenters. The highest BCUT2D eigenvalue weighted by Crippen LogP contribution is 2.06. The average molecular weight is 258 g/mol. The summed E-state index contributed by atoms with van der Waals surface area (Å²) in [5, 5.41) is 7.84. The summed E-state index contributed by atoms with van der Waals surface area (Å²) in [4.78, 5) is 4.50. The summed E-state index contributed by atoms with van der Waals surface area (Å²) >= 11 is 0. The number of nitrogens with zero attached hydrogens (tertiary/aromatic N) is 3. The predicted octanol–water partition coefficient (Wildman–Crippen LogP) is 2.44. The van der Waals surface area contributed by atoms with E-state index >= 15 is 0 Å². The number of pyridine rings is 1. The quantitative estimate of drug-likeness (QED) is 0.895. The zero-order valence-corrected chi connectivity index (χ0v) is 12.1. The van der Waals surface area contributed by atoms with Gasteiger partial charge >= 0.3 is 0 Å². The van der Waals surface area contributed by atoms with E-state index in [1.54, 1.807) is 0 Å². The number of aryl methyl sites for hydroxylation is 2. The molecule has 0 bridgehead atoms. The van der Waals surface area contributed by atoms with Crippen LogP contribution in [-0.4, -0.2) is 20.8 Å². The first-order chi connectivity index (χ1) is 9.04. The van der Waals surface area contributed by atoms with Gasteiger partial charge in [-0.25, -0.2) is 0 Å². The summed E-state index contributed by atoms with van der Waals surface area (Å²) in [5.41, 5.74) is 4.48. The van der Waals surface area contributed by atoms with Gasteiger partial charge in [-0.15, -0.1) is 0 Å². The maximum Gasteiger partial charge on any atom is 0.0834 e. The van der Waals surface area contributed by atoms with E-state index in [1.165, 1.54) is 11.3 Å². The van der Waals surface area contributed by atoms with Crippen molar-refractivity contribution in [3.05, 3.63) is 47.0 Å². The molecule has 2 aromatic heterocycles. The second-order valence-corrected chi connectivity index (χ2v) is 5.28. The maximum atomic E-state index is 4.50. The van der Waals surface area contributed by atoms with E-state index in [2.05, 4.69) is 54.4 Å². The van der Waals surface area contributed by atoms with Crippen LogP contribution >= 0.6 is 0 Å². The fraction of sp³-hybridized carbons (Fsp3) is 0.467. The Bertz CT molecular complexity index is 526. The van der Waals surface area contributed by atoms with Crippen molar-refractivity contribution in [2.45, 2.75) is 46.8 Å². The molecule has 0 spiro atoms. The smallest absolute Gasteiger partial charge is 0.0834 e. The fourth-order valence-corrected chi connectivity index (χ4v) is 1.96. The lowest BCUT2D eigenvalue weighted by molar-refractivity contribution is 0.587. The molecule has 102 valence electrons. The van der Waals surface area contributed by atoms with Gasteiger partial charge in [0.1, 0.15) is 0 Å². The van der Waals surface area contributed by atoms with Crippen LogP contribution < -0.4 is 5.32 Å². The minimum Gasteiger partial charge on any atom is -0.310 e. The van der Waals surface area contributed by atoms with Crippen molar-refractivity contribution in [2.75, 3.05) is 0 Å². The molecule has 0 aliphatic carbocycles. The van der Waals surface area contributed by atoms with E-state index in [-0.39, 0.29) is 0 Å². The van der Waals surface area contributed by atoms with Crippen LogP contribution in [0.15, 0.2) is 24.4 Å². The van der Waals surface area contributed by atoms with Gasteiger partial charge < -0.3 is 5.32 Å². The molecule has 4 nitrogen and oxygen atoms in total.